The van der Waals surface area contributed by atoms with E-state index in [1.807, 2.05) is 6.92 Å². The number of hydrogen-bond donors (Lipinski definition) is 1. The minimum absolute atomic E-state index is 0.150. The maximum Gasteiger partial charge on any atom is 0.243 e. The second-order valence-corrected chi connectivity index (χ2v) is 7.07. The van der Waals surface area contributed by atoms with Crippen molar-refractivity contribution in [3.05, 3.63) is 23.8 Å². The lowest BCUT2D eigenvalue weighted by Gasteiger charge is -2.18. The summed E-state index contributed by atoms with van der Waals surface area (Å²) >= 11 is 0. The molecule has 1 fully saturated rings. The van der Waals surface area contributed by atoms with Gasteiger partial charge in [0.15, 0.2) is 0 Å². The van der Waals surface area contributed by atoms with E-state index in [1.165, 1.54) is 4.31 Å². The molecule has 0 heterocycles. The van der Waals surface area contributed by atoms with Crippen LogP contribution in [-0.4, -0.2) is 32.4 Å². The summed E-state index contributed by atoms with van der Waals surface area (Å²) in [6.07, 6.45) is 2.78. The molecule has 6 heteroatoms. The van der Waals surface area contributed by atoms with E-state index in [1.54, 1.807) is 25.2 Å². The summed E-state index contributed by atoms with van der Waals surface area (Å²) in [5.41, 5.74) is 6.42. The smallest absolute Gasteiger partial charge is 0.243 e. The lowest BCUT2D eigenvalue weighted by molar-refractivity contribution is 0.314. The van der Waals surface area contributed by atoms with E-state index in [-0.39, 0.29) is 17.5 Å². The van der Waals surface area contributed by atoms with Gasteiger partial charge in [0, 0.05) is 25.2 Å². The first-order chi connectivity index (χ1) is 9.50. The first kappa shape index (κ1) is 15.3. The van der Waals surface area contributed by atoms with E-state index in [4.69, 9.17) is 10.5 Å². The molecule has 5 nitrogen and oxygen atoms in total. The van der Waals surface area contributed by atoms with E-state index < -0.39 is 10.0 Å². The van der Waals surface area contributed by atoms with Crippen LogP contribution in [0.2, 0.25) is 0 Å². The van der Waals surface area contributed by atoms with Crippen molar-refractivity contribution in [3.63, 3.8) is 0 Å². The molecule has 0 amide bonds. The zero-order valence-electron chi connectivity index (χ0n) is 12.0. The Hall–Kier alpha value is -1.11. The minimum atomic E-state index is -3.42. The predicted octanol–water partition coefficient (Wildman–Crippen LogP) is 1.72. The highest BCUT2D eigenvalue weighted by Crippen LogP contribution is 2.31. The maximum absolute atomic E-state index is 12.5. The molecule has 112 valence electrons. The topological polar surface area (TPSA) is 72.6 Å². The normalized spacial score (nSPS) is 15.6. The fraction of sp³-hybridized carbons (Fsp3) is 0.571. The van der Waals surface area contributed by atoms with Crippen LogP contribution >= 0.6 is 0 Å². The Balaban J connectivity index is 2.28. The number of ether oxygens (including phenoxy) is 1. The summed E-state index contributed by atoms with van der Waals surface area (Å²) < 4.78 is 31.9. The monoisotopic (exact) mass is 298 g/mol. The first-order valence-electron chi connectivity index (χ1n) is 6.94. The minimum Gasteiger partial charge on any atom is -0.493 e. The van der Waals surface area contributed by atoms with Crippen LogP contribution in [0.25, 0.3) is 0 Å². The Morgan fingerprint density at radius 2 is 2.10 bits per heavy atom. The van der Waals surface area contributed by atoms with Crippen LogP contribution in [0.5, 0.6) is 5.75 Å². The Morgan fingerprint density at radius 1 is 1.40 bits per heavy atom. The van der Waals surface area contributed by atoms with Gasteiger partial charge in [0.1, 0.15) is 5.75 Å². The number of nitrogens with two attached hydrogens (primary N) is 1. The number of sulfonamides is 1. The van der Waals surface area contributed by atoms with Crippen molar-refractivity contribution in [2.45, 2.75) is 43.7 Å². The Morgan fingerprint density at radius 3 is 2.65 bits per heavy atom. The summed E-state index contributed by atoms with van der Waals surface area (Å²) in [5.74, 6) is 0.669. The van der Waals surface area contributed by atoms with Crippen molar-refractivity contribution in [1.29, 1.82) is 0 Å². The number of benzene rings is 1. The summed E-state index contributed by atoms with van der Waals surface area (Å²) in [6.45, 7) is 2.88. The first-order valence-corrected chi connectivity index (χ1v) is 8.38. The van der Waals surface area contributed by atoms with Gasteiger partial charge in [-0.15, -0.1) is 0 Å². The van der Waals surface area contributed by atoms with Crippen LogP contribution in [-0.2, 0) is 16.6 Å². The van der Waals surface area contributed by atoms with Crippen molar-refractivity contribution in [1.82, 2.24) is 4.31 Å². The number of rotatable bonds is 7. The average molecular weight is 298 g/mol. The third kappa shape index (κ3) is 3.13. The van der Waals surface area contributed by atoms with E-state index in [0.29, 0.717) is 12.4 Å². The van der Waals surface area contributed by atoms with Crippen LogP contribution in [0.3, 0.4) is 0 Å². The van der Waals surface area contributed by atoms with Gasteiger partial charge in [0.05, 0.1) is 11.5 Å². The molecule has 1 aliphatic carbocycles. The summed E-state index contributed by atoms with van der Waals surface area (Å²) in [7, 11) is -1.79. The lowest BCUT2D eigenvalue weighted by atomic mass is 10.2. The molecular formula is C14H22N2O3S. The summed E-state index contributed by atoms with van der Waals surface area (Å²) in [5, 5.41) is 0. The van der Waals surface area contributed by atoms with Crippen molar-refractivity contribution < 1.29 is 13.2 Å². The molecule has 1 saturated carbocycles. The molecular weight excluding hydrogens is 276 g/mol. The van der Waals surface area contributed by atoms with Crippen LogP contribution in [0.15, 0.2) is 23.1 Å². The van der Waals surface area contributed by atoms with Crippen molar-refractivity contribution in [3.8, 4) is 5.75 Å². The summed E-state index contributed by atoms with van der Waals surface area (Å²) in [6, 6.07) is 5.07. The van der Waals surface area contributed by atoms with E-state index >= 15 is 0 Å². The second kappa shape index (κ2) is 6.11. The molecule has 0 aromatic heterocycles. The molecule has 0 spiro atoms. The van der Waals surface area contributed by atoms with Crippen molar-refractivity contribution in [2.75, 3.05) is 13.7 Å². The molecule has 1 aromatic carbocycles. The molecule has 1 aliphatic rings. The third-order valence-corrected chi connectivity index (χ3v) is 5.36. The van der Waals surface area contributed by atoms with E-state index in [0.717, 1.165) is 24.8 Å². The van der Waals surface area contributed by atoms with Gasteiger partial charge in [0.2, 0.25) is 10.0 Å². The standard InChI is InChI=1S/C14H22N2O3S/c1-3-8-19-14-7-6-13(9-11(14)10-15)20(17,18)16(2)12-4-5-12/h6-7,9,12H,3-5,8,10,15H2,1-2H3. The van der Waals surface area contributed by atoms with Gasteiger partial charge < -0.3 is 10.5 Å². The molecule has 0 atom stereocenters. The molecule has 20 heavy (non-hydrogen) atoms. The van der Waals surface area contributed by atoms with Gasteiger partial charge in [-0.3, -0.25) is 0 Å². The molecule has 0 unspecified atom stereocenters. The van der Waals surface area contributed by atoms with Crippen molar-refractivity contribution >= 4 is 10.0 Å². The third-order valence-electron chi connectivity index (χ3n) is 3.45. The highest BCUT2D eigenvalue weighted by Gasteiger charge is 2.35. The zero-order chi connectivity index (χ0) is 14.8. The Labute approximate surface area is 120 Å². The highest BCUT2D eigenvalue weighted by molar-refractivity contribution is 7.89. The van der Waals surface area contributed by atoms with Crippen LogP contribution in [0.4, 0.5) is 0 Å². The van der Waals surface area contributed by atoms with Crippen LogP contribution in [0, 0.1) is 0 Å². The van der Waals surface area contributed by atoms with E-state index in [2.05, 4.69) is 0 Å². The Kier molecular flexibility index (Phi) is 4.67. The molecule has 0 saturated heterocycles. The van der Waals surface area contributed by atoms with Crippen LogP contribution < -0.4 is 10.5 Å². The van der Waals surface area contributed by atoms with Gasteiger partial charge in [-0.1, -0.05) is 6.92 Å². The molecule has 0 aliphatic heterocycles. The average Bonchev–Trinajstić information content (AvgIpc) is 3.28. The van der Waals surface area contributed by atoms with Gasteiger partial charge in [0.25, 0.3) is 0 Å². The maximum atomic E-state index is 12.5. The Bertz CT molecular complexity index is 568. The van der Waals surface area contributed by atoms with E-state index in [9.17, 15) is 8.42 Å². The fourth-order valence-electron chi connectivity index (χ4n) is 2.03. The van der Waals surface area contributed by atoms with Gasteiger partial charge >= 0.3 is 0 Å². The lowest BCUT2D eigenvalue weighted by Crippen LogP contribution is -2.29. The van der Waals surface area contributed by atoms with Crippen LogP contribution in [0.1, 0.15) is 31.7 Å². The zero-order valence-corrected chi connectivity index (χ0v) is 12.8. The van der Waals surface area contributed by atoms with Gasteiger partial charge in [-0.25, -0.2) is 8.42 Å². The molecule has 0 radical (unpaired) electrons. The molecule has 2 rings (SSSR count). The summed E-state index contributed by atoms with van der Waals surface area (Å²) in [4.78, 5) is 0.288. The van der Waals surface area contributed by atoms with Gasteiger partial charge in [-0.2, -0.15) is 4.31 Å². The molecule has 1 aromatic rings. The largest absolute Gasteiger partial charge is 0.493 e. The van der Waals surface area contributed by atoms with Gasteiger partial charge in [-0.05, 0) is 37.5 Å². The highest BCUT2D eigenvalue weighted by atomic mass is 32.2. The number of hydrogen-bond acceptors (Lipinski definition) is 4. The second-order valence-electron chi connectivity index (χ2n) is 5.07. The molecule has 2 N–H and O–H groups in total. The fourth-order valence-corrected chi connectivity index (χ4v) is 3.50. The van der Waals surface area contributed by atoms with Crippen molar-refractivity contribution in [2.24, 2.45) is 5.73 Å². The quantitative estimate of drug-likeness (QED) is 0.832. The SMILES string of the molecule is CCCOc1ccc(S(=O)(=O)N(C)C2CC2)cc1CN. The predicted molar refractivity (Wildman–Crippen MR) is 78.1 cm³/mol. The number of nitrogens with zero attached hydrogens (tertiary/aromatic N) is 1. The molecule has 0 bridgehead atoms.